The minimum atomic E-state index is -0.00120. The van der Waals surface area contributed by atoms with Gasteiger partial charge >= 0.3 is 0 Å². The standard InChI is InChI=1S/C23H33N5O/c1-6-27(7-2)19-10-11-20(17(4)13-19)25-23-24-18(5)14-21(26-23)22(29)28-12-8-9-16(3)15-28/h10-11,13-14,16H,6-9,12,15H2,1-5H3,(H,24,25,26). The van der Waals surface area contributed by atoms with Crippen LogP contribution in [0.25, 0.3) is 0 Å². The topological polar surface area (TPSA) is 61.4 Å². The number of nitrogens with zero attached hydrogens (tertiary/aromatic N) is 4. The van der Waals surface area contributed by atoms with Gasteiger partial charge in [0.25, 0.3) is 5.91 Å². The first-order valence-corrected chi connectivity index (χ1v) is 10.7. The molecule has 3 rings (SSSR count). The molecule has 1 aromatic heterocycles. The summed E-state index contributed by atoms with van der Waals surface area (Å²) in [6, 6.07) is 8.12. The molecule has 156 valence electrons. The highest BCUT2D eigenvalue weighted by Gasteiger charge is 2.23. The fourth-order valence-corrected chi connectivity index (χ4v) is 3.96. The minimum absolute atomic E-state index is 0.00120. The third-order valence-corrected chi connectivity index (χ3v) is 5.60. The zero-order chi connectivity index (χ0) is 21.0. The second kappa shape index (κ2) is 9.25. The van der Waals surface area contributed by atoms with E-state index < -0.39 is 0 Å². The van der Waals surface area contributed by atoms with Gasteiger partial charge in [0, 0.05) is 43.2 Å². The highest BCUT2D eigenvalue weighted by atomic mass is 16.2. The van der Waals surface area contributed by atoms with E-state index in [0.29, 0.717) is 17.6 Å². The molecule has 0 radical (unpaired) electrons. The number of hydrogen-bond acceptors (Lipinski definition) is 5. The van der Waals surface area contributed by atoms with E-state index in [1.165, 1.54) is 12.1 Å². The summed E-state index contributed by atoms with van der Waals surface area (Å²) in [5.41, 5.74) is 4.53. The van der Waals surface area contributed by atoms with E-state index in [2.05, 4.69) is 66.1 Å². The SMILES string of the molecule is CCN(CC)c1ccc(Nc2nc(C)cc(C(=O)N3CCCC(C)C3)n2)c(C)c1. The Morgan fingerprint density at radius 1 is 1.21 bits per heavy atom. The van der Waals surface area contributed by atoms with Crippen molar-refractivity contribution in [2.75, 3.05) is 36.4 Å². The van der Waals surface area contributed by atoms with E-state index in [9.17, 15) is 4.79 Å². The number of piperidine rings is 1. The number of aromatic nitrogens is 2. The van der Waals surface area contributed by atoms with Crippen LogP contribution < -0.4 is 10.2 Å². The van der Waals surface area contributed by atoms with E-state index in [-0.39, 0.29) is 5.91 Å². The summed E-state index contributed by atoms with van der Waals surface area (Å²) in [7, 11) is 0. The maximum Gasteiger partial charge on any atom is 0.272 e. The first-order chi connectivity index (χ1) is 13.9. The molecule has 0 spiro atoms. The van der Waals surface area contributed by atoms with Gasteiger partial charge in [-0.2, -0.15) is 0 Å². The van der Waals surface area contributed by atoms with Crippen LogP contribution in [0.2, 0.25) is 0 Å². The molecule has 2 aromatic rings. The van der Waals surface area contributed by atoms with Gasteiger partial charge in [-0.3, -0.25) is 4.79 Å². The molecule has 1 N–H and O–H groups in total. The van der Waals surface area contributed by atoms with Gasteiger partial charge in [-0.1, -0.05) is 6.92 Å². The van der Waals surface area contributed by atoms with Crippen LogP contribution in [-0.4, -0.2) is 47.0 Å². The molecule has 29 heavy (non-hydrogen) atoms. The number of carbonyl (C=O) groups excluding carboxylic acids is 1. The summed E-state index contributed by atoms with van der Waals surface area (Å²) >= 11 is 0. The highest BCUT2D eigenvalue weighted by molar-refractivity contribution is 5.92. The maximum absolute atomic E-state index is 13.0. The number of nitrogens with one attached hydrogen (secondary N) is 1. The third kappa shape index (κ3) is 5.05. The molecule has 0 aliphatic carbocycles. The van der Waals surface area contributed by atoms with Crippen LogP contribution in [-0.2, 0) is 0 Å². The lowest BCUT2D eigenvalue weighted by Crippen LogP contribution is -2.39. The van der Waals surface area contributed by atoms with Gasteiger partial charge in [-0.25, -0.2) is 9.97 Å². The zero-order valence-corrected chi connectivity index (χ0v) is 18.3. The number of rotatable bonds is 6. The molecule has 1 aromatic carbocycles. The van der Waals surface area contributed by atoms with Crippen molar-refractivity contribution < 1.29 is 4.79 Å². The smallest absolute Gasteiger partial charge is 0.272 e. The molecule has 6 heteroatoms. The summed E-state index contributed by atoms with van der Waals surface area (Å²) in [6.07, 6.45) is 2.24. The Labute approximate surface area is 174 Å². The Morgan fingerprint density at radius 2 is 1.97 bits per heavy atom. The van der Waals surface area contributed by atoms with Crippen molar-refractivity contribution in [2.24, 2.45) is 5.92 Å². The third-order valence-electron chi connectivity index (χ3n) is 5.60. The number of carbonyl (C=O) groups is 1. The molecule has 1 atom stereocenters. The maximum atomic E-state index is 13.0. The molecule has 1 aliphatic rings. The lowest BCUT2D eigenvalue weighted by atomic mass is 10.00. The second-order valence-corrected chi connectivity index (χ2v) is 8.01. The van der Waals surface area contributed by atoms with Crippen LogP contribution in [0.1, 0.15) is 55.4 Å². The first-order valence-electron chi connectivity index (χ1n) is 10.7. The predicted molar refractivity (Wildman–Crippen MR) is 119 cm³/mol. The van der Waals surface area contributed by atoms with Crippen LogP contribution in [0.15, 0.2) is 24.3 Å². The molecule has 1 unspecified atom stereocenters. The van der Waals surface area contributed by atoms with Crippen molar-refractivity contribution in [3.8, 4) is 0 Å². The van der Waals surface area contributed by atoms with Gasteiger partial charge in [0.05, 0.1) is 0 Å². The van der Waals surface area contributed by atoms with Crippen molar-refractivity contribution in [3.63, 3.8) is 0 Å². The Morgan fingerprint density at radius 3 is 2.62 bits per heavy atom. The Bertz CT molecular complexity index is 862. The van der Waals surface area contributed by atoms with Crippen molar-refractivity contribution >= 4 is 23.2 Å². The van der Waals surface area contributed by atoms with E-state index in [0.717, 1.165) is 49.5 Å². The van der Waals surface area contributed by atoms with Crippen molar-refractivity contribution in [1.29, 1.82) is 0 Å². The fraction of sp³-hybridized carbons (Fsp3) is 0.522. The summed E-state index contributed by atoms with van der Waals surface area (Å²) in [6.45, 7) is 14.1. The van der Waals surface area contributed by atoms with Crippen molar-refractivity contribution in [1.82, 2.24) is 14.9 Å². The van der Waals surface area contributed by atoms with E-state index >= 15 is 0 Å². The number of amides is 1. The zero-order valence-electron chi connectivity index (χ0n) is 18.3. The Hall–Kier alpha value is -2.63. The largest absolute Gasteiger partial charge is 0.372 e. The molecule has 0 bridgehead atoms. The average molecular weight is 396 g/mol. The molecule has 1 saturated heterocycles. The predicted octanol–water partition coefficient (Wildman–Crippen LogP) is 4.56. The molecular formula is C23H33N5O. The lowest BCUT2D eigenvalue weighted by molar-refractivity contribution is 0.0677. The van der Waals surface area contributed by atoms with Gasteiger partial charge in [0.15, 0.2) is 0 Å². The van der Waals surface area contributed by atoms with E-state index in [4.69, 9.17) is 0 Å². The van der Waals surface area contributed by atoms with Crippen LogP contribution in [0.3, 0.4) is 0 Å². The van der Waals surface area contributed by atoms with Gasteiger partial charge < -0.3 is 15.1 Å². The van der Waals surface area contributed by atoms with Gasteiger partial charge in [-0.15, -0.1) is 0 Å². The molecule has 6 nitrogen and oxygen atoms in total. The number of aryl methyl sites for hydroxylation is 2. The van der Waals surface area contributed by atoms with E-state index in [1.807, 2.05) is 11.8 Å². The summed E-state index contributed by atoms with van der Waals surface area (Å²) < 4.78 is 0. The molecule has 1 amide bonds. The number of likely N-dealkylation sites (tertiary alicyclic amines) is 1. The highest BCUT2D eigenvalue weighted by Crippen LogP contribution is 2.25. The van der Waals surface area contributed by atoms with E-state index in [1.54, 1.807) is 6.07 Å². The molecular weight excluding hydrogens is 362 g/mol. The summed E-state index contributed by atoms with van der Waals surface area (Å²) in [4.78, 5) is 26.2. The van der Waals surface area contributed by atoms with Gasteiger partial charge in [-0.05, 0) is 76.3 Å². The lowest BCUT2D eigenvalue weighted by Gasteiger charge is -2.30. The van der Waals surface area contributed by atoms with Crippen LogP contribution in [0.4, 0.5) is 17.3 Å². The van der Waals surface area contributed by atoms with Crippen molar-refractivity contribution in [3.05, 3.63) is 41.2 Å². The number of benzene rings is 1. The molecule has 1 fully saturated rings. The van der Waals surface area contributed by atoms with Crippen LogP contribution in [0, 0.1) is 19.8 Å². The average Bonchev–Trinajstić information content (AvgIpc) is 2.70. The second-order valence-electron chi connectivity index (χ2n) is 8.01. The van der Waals surface area contributed by atoms with Crippen LogP contribution >= 0.6 is 0 Å². The van der Waals surface area contributed by atoms with Crippen molar-refractivity contribution in [2.45, 2.75) is 47.5 Å². The fourth-order valence-electron chi connectivity index (χ4n) is 3.96. The Balaban J connectivity index is 1.80. The summed E-state index contributed by atoms with van der Waals surface area (Å²) in [5.74, 6) is 1.01. The summed E-state index contributed by atoms with van der Waals surface area (Å²) in [5, 5.41) is 3.31. The van der Waals surface area contributed by atoms with Gasteiger partial charge in [0.1, 0.15) is 5.69 Å². The molecule has 2 heterocycles. The van der Waals surface area contributed by atoms with Crippen LogP contribution in [0.5, 0.6) is 0 Å². The Kier molecular flexibility index (Phi) is 6.72. The number of anilines is 3. The minimum Gasteiger partial charge on any atom is -0.372 e. The molecule has 0 saturated carbocycles. The number of hydrogen-bond donors (Lipinski definition) is 1. The first kappa shape index (κ1) is 21.1. The molecule has 1 aliphatic heterocycles. The normalized spacial score (nSPS) is 16.6. The quantitative estimate of drug-likeness (QED) is 0.777. The monoisotopic (exact) mass is 395 g/mol. The van der Waals surface area contributed by atoms with Gasteiger partial charge in [0.2, 0.25) is 5.95 Å².